The zero-order chi connectivity index (χ0) is 12.8. The maximum Gasteiger partial charge on any atom is 0.333 e. The van der Waals surface area contributed by atoms with Crippen LogP contribution in [0, 0.1) is 22.0 Å². The molecule has 0 aliphatic carbocycles. The summed E-state index contributed by atoms with van der Waals surface area (Å²) in [5.74, 6) is 6.12. The van der Waals surface area contributed by atoms with Gasteiger partial charge in [-0.25, -0.2) is 4.68 Å². The molecule has 1 aromatic rings. The number of hydrogen-bond acceptors (Lipinski definition) is 4. The second-order valence-corrected chi connectivity index (χ2v) is 3.48. The summed E-state index contributed by atoms with van der Waals surface area (Å²) in [5, 5.41) is 18.1. The monoisotopic (exact) mass is 236 g/mol. The standard InChI is InChI=1S/C11H16N4O2/c1-4-6-7-8-12-11-10(15(16)17)9(5-2)13-14(11)3/h12H,5,7-8H2,1-3H3. The van der Waals surface area contributed by atoms with Gasteiger partial charge in [-0.2, -0.15) is 5.10 Å². The third kappa shape index (κ3) is 2.97. The van der Waals surface area contributed by atoms with Crippen LogP contribution in [0.1, 0.15) is 26.0 Å². The van der Waals surface area contributed by atoms with E-state index in [1.807, 2.05) is 6.92 Å². The number of aryl methyl sites for hydroxylation is 2. The molecule has 0 aliphatic rings. The average Bonchev–Trinajstić information content (AvgIpc) is 2.61. The highest BCUT2D eigenvalue weighted by Gasteiger charge is 2.24. The van der Waals surface area contributed by atoms with Gasteiger partial charge in [-0.15, -0.1) is 11.8 Å². The van der Waals surface area contributed by atoms with Crippen molar-refractivity contribution in [3.8, 4) is 11.8 Å². The molecule has 0 spiro atoms. The van der Waals surface area contributed by atoms with Crippen molar-refractivity contribution < 1.29 is 4.92 Å². The SMILES string of the molecule is CC#CCCNc1c([N+](=O)[O-])c(CC)nn1C. The van der Waals surface area contributed by atoms with Gasteiger partial charge >= 0.3 is 5.69 Å². The van der Waals surface area contributed by atoms with Gasteiger partial charge in [0.05, 0.1) is 4.92 Å². The number of aromatic nitrogens is 2. The Morgan fingerprint density at radius 2 is 2.29 bits per heavy atom. The number of nitrogens with one attached hydrogen (secondary N) is 1. The molecule has 0 fully saturated rings. The number of nitro groups is 1. The van der Waals surface area contributed by atoms with Crippen LogP contribution in [0.3, 0.4) is 0 Å². The zero-order valence-electron chi connectivity index (χ0n) is 10.3. The van der Waals surface area contributed by atoms with Crippen molar-refractivity contribution in [1.82, 2.24) is 9.78 Å². The van der Waals surface area contributed by atoms with Crippen molar-refractivity contribution in [2.75, 3.05) is 11.9 Å². The predicted molar refractivity (Wildman–Crippen MR) is 65.8 cm³/mol. The van der Waals surface area contributed by atoms with Gasteiger partial charge in [-0.05, 0) is 13.3 Å². The molecule has 1 rings (SSSR count). The Labute approximate surface area is 100 Å². The highest BCUT2D eigenvalue weighted by atomic mass is 16.6. The fourth-order valence-corrected chi connectivity index (χ4v) is 1.56. The first kappa shape index (κ1) is 13.0. The Hall–Kier alpha value is -2.03. The van der Waals surface area contributed by atoms with E-state index in [4.69, 9.17) is 0 Å². The van der Waals surface area contributed by atoms with E-state index in [-0.39, 0.29) is 10.6 Å². The lowest BCUT2D eigenvalue weighted by atomic mass is 10.3. The Bertz CT molecular complexity index is 468. The number of anilines is 1. The topological polar surface area (TPSA) is 73.0 Å². The normalized spacial score (nSPS) is 9.59. The van der Waals surface area contributed by atoms with Gasteiger partial charge in [0.1, 0.15) is 5.69 Å². The second-order valence-electron chi connectivity index (χ2n) is 3.48. The fourth-order valence-electron chi connectivity index (χ4n) is 1.56. The van der Waals surface area contributed by atoms with Gasteiger partial charge in [-0.1, -0.05) is 6.92 Å². The molecular formula is C11H16N4O2. The molecule has 6 nitrogen and oxygen atoms in total. The molecular weight excluding hydrogens is 220 g/mol. The van der Waals surface area contributed by atoms with Crippen LogP contribution < -0.4 is 5.32 Å². The first-order valence-electron chi connectivity index (χ1n) is 5.45. The smallest absolute Gasteiger partial charge is 0.333 e. The molecule has 1 heterocycles. The summed E-state index contributed by atoms with van der Waals surface area (Å²) in [6.45, 7) is 4.19. The van der Waals surface area contributed by atoms with Gasteiger partial charge in [0.25, 0.3) is 0 Å². The molecule has 0 atom stereocenters. The van der Waals surface area contributed by atoms with E-state index in [2.05, 4.69) is 22.3 Å². The summed E-state index contributed by atoms with van der Waals surface area (Å²) in [6.07, 6.45) is 1.20. The van der Waals surface area contributed by atoms with E-state index >= 15 is 0 Å². The van der Waals surface area contributed by atoms with Crippen molar-refractivity contribution in [3.63, 3.8) is 0 Å². The quantitative estimate of drug-likeness (QED) is 0.365. The van der Waals surface area contributed by atoms with E-state index in [0.717, 1.165) is 0 Å². The summed E-state index contributed by atoms with van der Waals surface area (Å²) in [5.41, 5.74) is 0.570. The number of hydrogen-bond donors (Lipinski definition) is 1. The van der Waals surface area contributed by atoms with E-state index in [1.165, 1.54) is 4.68 Å². The molecule has 0 unspecified atom stereocenters. The fraction of sp³-hybridized carbons (Fsp3) is 0.545. The van der Waals surface area contributed by atoms with Gasteiger partial charge in [0.2, 0.25) is 5.82 Å². The molecule has 0 saturated carbocycles. The van der Waals surface area contributed by atoms with Crippen LogP contribution in [-0.4, -0.2) is 21.2 Å². The summed E-state index contributed by atoms with van der Waals surface area (Å²) in [7, 11) is 1.69. The second kappa shape index (κ2) is 5.89. The van der Waals surface area contributed by atoms with Gasteiger partial charge in [0.15, 0.2) is 0 Å². The van der Waals surface area contributed by atoms with Crippen LogP contribution in [0.4, 0.5) is 11.5 Å². The van der Waals surface area contributed by atoms with Gasteiger partial charge in [-0.3, -0.25) is 10.1 Å². The van der Waals surface area contributed by atoms with Crippen molar-refractivity contribution >= 4 is 11.5 Å². The summed E-state index contributed by atoms with van der Waals surface area (Å²) in [6, 6.07) is 0. The largest absolute Gasteiger partial charge is 0.364 e. The molecule has 0 bridgehead atoms. The predicted octanol–water partition coefficient (Wildman–Crippen LogP) is 1.72. The molecule has 0 aliphatic heterocycles. The molecule has 0 aromatic carbocycles. The molecule has 92 valence electrons. The Morgan fingerprint density at radius 3 is 2.82 bits per heavy atom. The van der Waals surface area contributed by atoms with Crippen molar-refractivity contribution in [2.24, 2.45) is 7.05 Å². The molecule has 17 heavy (non-hydrogen) atoms. The Morgan fingerprint density at radius 1 is 1.59 bits per heavy atom. The lowest BCUT2D eigenvalue weighted by Gasteiger charge is -2.03. The Balaban J connectivity index is 2.91. The zero-order valence-corrected chi connectivity index (χ0v) is 10.3. The van der Waals surface area contributed by atoms with Crippen molar-refractivity contribution in [1.29, 1.82) is 0 Å². The maximum absolute atomic E-state index is 11.0. The minimum Gasteiger partial charge on any atom is -0.364 e. The molecule has 1 aromatic heterocycles. The summed E-state index contributed by atoms with van der Waals surface area (Å²) in [4.78, 5) is 10.6. The number of nitrogens with zero attached hydrogens (tertiary/aromatic N) is 3. The number of rotatable bonds is 5. The lowest BCUT2D eigenvalue weighted by molar-refractivity contribution is -0.384. The maximum atomic E-state index is 11.0. The van der Waals surface area contributed by atoms with E-state index in [9.17, 15) is 10.1 Å². The summed E-state index contributed by atoms with van der Waals surface area (Å²) < 4.78 is 1.51. The highest BCUT2D eigenvalue weighted by Crippen LogP contribution is 2.28. The van der Waals surface area contributed by atoms with Gasteiger partial charge in [0, 0.05) is 20.0 Å². The first-order chi connectivity index (χ1) is 8.11. The third-order valence-corrected chi connectivity index (χ3v) is 2.33. The van der Waals surface area contributed by atoms with Gasteiger partial charge < -0.3 is 5.32 Å². The lowest BCUT2D eigenvalue weighted by Crippen LogP contribution is -2.07. The van der Waals surface area contributed by atoms with Crippen LogP contribution in [0.25, 0.3) is 0 Å². The first-order valence-corrected chi connectivity index (χ1v) is 5.45. The third-order valence-electron chi connectivity index (χ3n) is 2.33. The minimum atomic E-state index is -0.389. The molecule has 6 heteroatoms. The van der Waals surface area contributed by atoms with E-state index in [0.29, 0.717) is 30.9 Å². The molecule has 1 N–H and O–H groups in total. The van der Waals surface area contributed by atoms with Crippen LogP contribution in [0.5, 0.6) is 0 Å². The molecule has 0 amide bonds. The minimum absolute atomic E-state index is 0.0689. The molecule has 0 saturated heterocycles. The summed E-state index contributed by atoms with van der Waals surface area (Å²) >= 11 is 0. The van der Waals surface area contributed by atoms with Crippen molar-refractivity contribution in [2.45, 2.75) is 26.7 Å². The highest BCUT2D eigenvalue weighted by molar-refractivity contribution is 5.59. The molecule has 0 radical (unpaired) electrons. The average molecular weight is 236 g/mol. The van der Waals surface area contributed by atoms with Crippen LogP contribution in [0.15, 0.2) is 0 Å². The van der Waals surface area contributed by atoms with Crippen LogP contribution in [-0.2, 0) is 13.5 Å². The van der Waals surface area contributed by atoms with Crippen LogP contribution >= 0.6 is 0 Å². The van der Waals surface area contributed by atoms with E-state index < -0.39 is 0 Å². The van der Waals surface area contributed by atoms with Crippen LogP contribution in [0.2, 0.25) is 0 Å². The Kier molecular flexibility index (Phi) is 4.52. The van der Waals surface area contributed by atoms with E-state index in [1.54, 1.807) is 14.0 Å². The van der Waals surface area contributed by atoms with Crippen molar-refractivity contribution in [3.05, 3.63) is 15.8 Å².